The highest BCUT2D eigenvalue weighted by Gasteiger charge is 2.41. The Bertz CT molecular complexity index is 3660. The molecule has 12 rings (SSSR count). The molecule has 0 aliphatic rings. The minimum Gasteiger partial charge on any atom is -0.310 e. The van der Waals surface area contributed by atoms with Gasteiger partial charge in [0.25, 0.3) is 0 Å². The summed E-state index contributed by atoms with van der Waals surface area (Å²) in [5, 5.41) is 9.58. The highest BCUT2D eigenvalue weighted by molar-refractivity contribution is 7.20. The van der Waals surface area contributed by atoms with Crippen LogP contribution in [0.4, 0.5) is 25.8 Å². The van der Waals surface area contributed by atoms with Crippen molar-refractivity contribution in [2.24, 2.45) is 0 Å². The second-order valence-corrected chi connectivity index (χ2v) is 21.1. The van der Waals surface area contributed by atoms with Gasteiger partial charge in [0.05, 0.1) is 22.1 Å². The van der Waals surface area contributed by atoms with Crippen molar-refractivity contribution >= 4 is 89.5 Å². The summed E-state index contributed by atoms with van der Waals surface area (Å²) in [4.78, 5) is 2.34. The van der Waals surface area contributed by atoms with Crippen molar-refractivity contribution in [2.45, 2.75) is 6.92 Å². The Balaban J connectivity index is 1.13. The third-order valence-corrected chi connectivity index (χ3v) is 18.2. The van der Waals surface area contributed by atoms with Crippen molar-refractivity contribution in [3.63, 3.8) is 0 Å². The van der Waals surface area contributed by atoms with E-state index >= 15 is 0 Å². The van der Waals surface area contributed by atoms with Gasteiger partial charge in [0, 0.05) is 50.0 Å². The summed E-state index contributed by atoms with van der Waals surface area (Å²) >= 11 is 0. The summed E-state index contributed by atoms with van der Waals surface area (Å²) in [6, 6.07) is 84.1. The molecular formula is C61H43F2N3Si. The molecule has 12 aromatic rings. The van der Waals surface area contributed by atoms with E-state index in [0.717, 1.165) is 72.0 Å². The van der Waals surface area contributed by atoms with E-state index in [4.69, 9.17) is 0 Å². The summed E-state index contributed by atoms with van der Waals surface area (Å²) in [6.45, 7) is 2.11. The molecule has 2 aromatic heterocycles. The number of nitrogens with zero attached hydrogens (tertiary/aromatic N) is 3. The van der Waals surface area contributed by atoms with E-state index in [9.17, 15) is 8.78 Å². The van der Waals surface area contributed by atoms with Crippen LogP contribution in [0.2, 0.25) is 0 Å². The predicted molar refractivity (Wildman–Crippen MR) is 278 cm³/mol. The SMILES string of the molecule is Cc1ccc(N(c2ccc3c(c2)c2ccccc2n3-c2ccc(F)cc2)c2ccc3c(c2)c2cc([Si](c4ccccc4)(c4ccccc4)c4ccccc4)ccc2n3-c2ccc(F)cc2)cc1. The Hall–Kier alpha value is -8.32. The Labute approximate surface area is 388 Å². The first-order valence-electron chi connectivity index (χ1n) is 22.6. The minimum atomic E-state index is -2.89. The van der Waals surface area contributed by atoms with Crippen molar-refractivity contribution < 1.29 is 8.78 Å². The molecule has 0 saturated heterocycles. The number of para-hydroxylation sites is 1. The molecular weight excluding hydrogens is 841 g/mol. The van der Waals surface area contributed by atoms with E-state index in [-0.39, 0.29) is 11.6 Å². The average Bonchev–Trinajstić information content (AvgIpc) is 3.88. The van der Waals surface area contributed by atoms with Crippen LogP contribution in [-0.2, 0) is 0 Å². The van der Waals surface area contributed by atoms with Gasteiger partial charge in [-0.25, -0.2) is 8.78 Å². The molecule has 0 spiro atoms. The third kappa shape index (κ3) is 6.67. The summed E-state index contributed by atoms with van der Waals surface area (Å²) < 4.78 is 33.2. The fraction of sp³-hybridized carbons (Fsp3) is 0.0164. The normalized spacial score (nSPS) is 11.8. The molecule has 0 aliphatic heterocycles. The van der Waals surface area contributed by atoms with Gasteiger partial charge in [-0.15, -0.1) is 0 Å². The second-order valence-electron chi connectivity index (χ2n) is 17.3. The van der Waals surface area contributed by atoms with Crippen LogP contribution in [0, 0.1) is 18.6 Å². The van der Waals surface area contributed by atoms with Crippen molar-refractivity contribution in [3.05, 3.63) is 260 Å². The average molecular weight is 884 g/mol. The van der Waals surface area contributed by atoms with Crippen LogP contribution in [-0.4, -0.2) is 17.2 Å². The van der Waals surface area contributed by atoms with Gasteiger partial charge < -0.3 is 14.0 Å². The molecule has 0 unspecified atom stereocenters. The predicted octanol–water partition coefficient (Wildman–Crippen LogP) is 13.3. The topological polar surface area (TPSA) is 13.1 Å². The lowest BCUT2D eigenvalue weighted by atomic mass is 10.1. The van der Waals surface area contributed by atoms with Gasteiger partial charge in [-0.3, -0.25) is 0 Å². The van der Waals surface area contributed by atoms with E-state index in [2.05, 4.69) is 215 Å². The zero-order valence-electron chi connectivity index (χ0n) is 36.7. The van der Waals surface area contributed by atoms with E-state index in [1.807, 2.05) is 24.3 Å². The van der Waals surface area contributed by atoms with Crippen LogP contribution in [0.25, 0.3) is 55.0 Å². The molecule has 0 bridgehead atoms. The number of rotatable bonds is 9. The molecule has 0 aliphatic carbocycles. The van der Waals surface area contributed by atoms with Crippen molar-refractivity contribution in [3.8, 4) is 11.4 Å². The van der Waals surface area contributed by atoms with Crippen LogP contribution in [0.3, 0.4) is 0 Å². The number of hydrogen-bond acceptors (Lipinski definition) is 1. The number of halogens is 2. The van der Waals surface area contributed by atoms with E-state index in [0.29, 0.717) is 0 Å². The number of hydrogen-bond donors (Lipinski definition) is 0. The van der Waals surface area contributed by atoms with Crippen LogP contribution < -0.4 is 25.6 Å². The van der Waals surface area contributed by atoms with E-state index in [1.54, 1.807) is 0 Å². The molecule has 0 saturated carbocycles. The van der Waals surface area contributed by atoms with Crippen LogP contribution >= 0.6 is 0 Å². The number of benzene rings is 10. The Kier molecular flexibility index (Phi) is 9.77. The maximum absolute atomic E-state index is 14.6. The van der Waals surface area contributed by atoms with Crippen LogP contribution in [0.15, 0.2) is 243 Å². The lowest BCUT2D eigenvalue weighted by Crippen LogP contribution is -2.74. The molecule has 0 N–H and O–H groups in total. The number of aryl methyl sites for hydroxylation is 1. The molecule has 0 atom stereocenters. The van der Waals surface area contributed by atoms with Gasteiger partial charge in [-0.05, 0) is 137 Å². The molecule has 0 radical (unpaired) electrons. The van der Waals surface area contributed by atoms with E-state index in [1.165, 1.54) is 50.6 Å². The molecule has 320 valence electrons. The van der Waals surface area contributed by atoms with Crippen molar-refractivity contribution in [1.82, 2.24) is 9.13 Å². The van der Waals surface area contributed by atoms with Gasteiger partial charge in [-0.2, -0.15) is 0 Å². The monoisotopic (exact) mass is 883 g/mol. The number of aromatic nitrogens is 2. The maximum atomic E-state index is 14.6. The summed E-state index contributed by atoms with van der Waals surface area (Å²) in [7, 11) is -2.89. The van der Waals surface area contributed by atoms with E-state index < -0.39 is 8.07 Å². The van der Waals surface area contributed by atoms with Gasteiger partial charge >= 0.3 is 0 Å². The summed E-state index contributed by atoms with van der Waals surface area (Å²) in [5.74, 6) is -0.538. The summed E-state index contributed by atoms with van der Waals surface area (Å²) in [6.07, 6.45) is 0. The fourth-order valence-corrected chi connectivity index (χ4v) is 15.2. The molecule has 2 heterocycles. The fourth-order valence-electron chi connectivity index (χ4n) is 10.4. The first kappa shape index (κ1) is 40.2. The first-order valence-corrected chi connectivity index (χ1v) is 24.6. The molecule has 10 aromatic carbocycles. The van der Waals surface area contributed by atoms with Gasteiger partial charge in [-0.1, -0.05) is 139 Å². The molecule has 6 heteroatoms. The van der Waals surface area contributed by atoms with Crippen molar-refractivity contribution in [2.75, 3.05) is 4.90 Å². The standard InChI is InChI=1S/C61H43F2N3Si/c1-42-21-27-45(28-22-42)64(48-33-36-59-55(39-48)54-19-11-12-20-58(54)65(59)46-29-23-43(62)24-30-46)49-34-37-60-56(40-49)57-41-53(35-38-61(57)66(60)47-31-25-44(63)26-32-47)67(50-13-5-2-6-14-50,51-15-7-3-8-16-51)52-17-9-4-10-18-52/h2-41H,1H3. The Morgan fingerprint density at radius 1 is 0.328 bits per heavy atom. The largest absolute Gasteiger partial charge is 0.310 e. The molecule has 3 nitrogen and oxygen atoms in total. The molecule has 0 fully saturated rings. The lowest BCUT2D eigenvalue weighted by molar-refractivity contribution is 0.627. The first-order chi connectivity index (χ1) is 33.0. The molecule has 0 amide bonds. The van der Waals surface area contributed by atoms with Crippen LogP contribution in [0.5, 0.6) is 0 Å². The zero-order valence-corrected chi connectivity index (χ0v) is 37.7. The Morgan fingerprint density at radius 3 is 1.21 bits per heavy atom. The van der Waals surface area contributed by atoms with Crippen LogP contribution in [0.1, 0.15) is 5.56 Å². The second kappa shape index (κ2) is 16.3. The van der Waals surface area contributed by atoms with Crippen molar-refractivity contribution in [1.29, 1.82) is 0 Å². The smallest absolute Gasteiger partial charge is 0.179 e. The highest BCUT2D eigenvalue weighted by Crippen LogP contribution is 2.42. The van der Waals surface area contributed by atoms with Gasteiger partial charge in [0.2, 0.25) is 0 Å². The summed E-state index contributed by atoms with van der Waals surface area (Å²) in [5.41, 5.74) is 10.1. The van der Waals surface area contributed by atoms with Gasteiger partial charge in [0.15, 0.2) is 8.07 Å². The molecule has 67 heavy (non-hydrogen) atoms. The lowest BCUT2D eigenvalue weighted by Gasteiger charge is -2.34. The number of anilines is 3. The maximum Gasteiger partial charge on any atom is 0.179 e. The minimum absolute atomic E-state index is 0.264. The highest BCUT2D eigenvalue weighted by atomic mass is 28.3. The number of fused-ring (bicyclic) bond motifs is 6. The third-order valence-electron chi connectivity index (χ3n) is 13.4. The quantitative estimate of drug-likeness (QED) is 0.104. The van der Waals surface area contributed by atoms with Gasteiger partial charge in [0.1, 0.15) is 11.6 Å². The Morgan fingerprint density at radius 2 is 0.716 bits per heavy atom. The zero-order chi connectivity index (χ0) is 45.1.